The maximum absolute atomic E-state index is 11.9. The van der Waals surface area contributed by atoms with Crippen molar-refractivity contribution < 1.29 is 10.2 Å². The Labute approximate surface area is 165 Å². The van der Waals surface area contributed by atoms with Gasteiger partial charge in [0, 0.05) is 11.1 Å². The van der Waals surface area contributed by atoms with Crippen LogP contribution < -0.4 is 5.56 Å². The molecular weight excluding hydrogens is 428 g/mol. The third-order valence-corrected chi connectivity index (χ3v) is 6.07. The summed E-state index contributed by atoms with van der Waals surface area (Å²) in [4.78, 5) is 15.0. The number of aromatic nitrogens is 1. The Hall–Kier alpha value is -3.08. The number of halogens is 1. The van der Waals surface area contributed by atoms with E-state index < -0.39 is 5.56 Å². The molecule has 0 spiro atoms. The number of nitrogens with zero attached hydrogens (tertiary/aromatic N) is 1. The van der Waals surface area contributed by atoms with Gasteiger partial charge < -0.3 is 15.2 Å². The number of aromatic amines is 1. The Bertz CT molecular complexity index is 1280. The van der Waals surface area contributed by atoms with Crippen molar-refractivity contribution in [2.24, 2.45) is 0 Å². The number of para-hydroxylation sites is 1. The molecule has 0 amide bonds. The molecule has 2 heterocycles. The first-order chi connectivity index (χ1) is 13.0. The van der Waals surface area contributed by atoms with E-state index in [4.69, 9.17) is 5.26 Å². The SMILES string of the molecule is N#Cc1c(O)c2c(-c3ccc(-c4ccccc4O)cc3)c(Br)sc2[nH]c1=O. The van der Waals surface area contributed by atoms with Crippen molar-refractivity contribution in [2.75, 3.05) is 0 Å². The molecular formula is C20H11BrN2O3S. The van der Waals surface area contributed by atoms with Crippen LogP contribution in [-0.4, -0.2) is 15.2 Å². The summed E-state index contributed by atoms with van der Waals surface area (Å²) in [5.41, 5.74) is 2.15. The van der Waals surface area contributed by atoms with E-state index in [0.29, 0.717) is 15.8 Å². The molecule has 2 aromatic carbocycles. The molecule has 4 aromatic rings. The van der Waals surface area contributed by atoms with Crippen LogP contribution >= 0.6 is 27.3 Å². The van der Waals surface area contributed by atoms with Crippen LogP contribution in [0.3, 0.4) is 0 Å². The topological polar surface area (TPSA) is 97.1 Å². The molecule has 0 fully saturated rings. The van der Waals surface area contributed by atoms with Crippen molar-refractivity contribution in [1.82, 2.24) is 4.98 Å². The van der Waals surface area contributed by atoms with Gasteiger partial charge in [0.05, 0.1) is 9.17 Å². The molecule has 0 saturated heterocycles. The average molecular weight is 439 g/mol. The monoisotopic (exact) mass is 438 g/mol. The fraction of sp³-hybridized carbons (Fsp3) is 0. The van der Waals surface area contributed by atoms with Gasteiger partial charge in [-0.05, 0) is 33.1 Å². The second kappa shape index (κ2) is 6.58. The van der Waals surface area contributed by atoms with Crippen LogP contribution in [0.1, 0.15) is 5.56 Å². The summed E-state index contributed by atoms with van der Waals surface area (Å²) in [6, 6.07) is 16.3. The normalized spacial score (nSPS) is 10.8. The van der Waals surface area contributed by atoms with Gasteiger partial charge in [-0.1, -0.05) is 42.5 Å². The van der Waals surface area contributed by atoms with Gasteiger partial charge in [-0.25, -0.2) is 0 Å². The summed E-state index contributed by atoms with van der Waals surface area (Å²) in [7, 11) is 0. The van der Waals surface area contributed by atoms with E-state index in [9.17, 15) is 15.0 Å². The number of aromatic hydroxyl groups is 2. The molecule has 0 aliphatic carbocycles. The number of pyridine rings is 1. The quantitative estimate of drug-likeness (QED) is 0.411. The van der Waals surface area contributed by atoms with Crippen molar-refractivity contribution in [3.05, 3.63) is 68.2 Å². The van der Waals surface area contributed by atoms with Crippen LogP contribution in [0.5, 0.6) is 11.5 Å². The van der Waals surface area contributed by atoms with E-state index in [1.165, 1.54) is 11.3 Å². The lowest BCUT2D eigenvalue weighted by Gasteiger charge is -2.07. The van der Waals surface area contributed by atoms with Crippen molar-refractivity contribution >= 4 is 37.5 Å². The smallest absolute Gasteiger partial charge is 0.270 e. The number of hydrogen-bond donors (Lipinski definition) is 3. The summed E-state index contributed by atoms with van der Waals surface area (Å²) >= 11 is 4.76. The standard InChI is InChI=1S/C20H11BrN2O3S/c21-18-15(16-17(25)13(9-22)19(26)23-20(16)27-18)11-7-5-10(6-8-11)12-3-1-2-4-14(12)24/h1-8,24H,(H2,23,25,26). The Morgan fingerprint density at radius 3 is 2.37 bits per heavy atom. The highest BCUT2D eigenvalue weighted by Crippen LogP contribution is 2.45. The minimum absolute atomic E-state index is 0.196. The Balaban J connectivity index is 1.91. The van der Waals surface area contributed by atoms with Crippen molar-refractivity contribution in [2.45, 2.75) is 0 Å². The predicted octanol–water partition coefficient (Wildman–Crippen LogP) is 4.97. The molecule has 0 radical (unpaired) electrons. The maximum Gasteiger partial charge on any atom is 0.270 e. The second-order valence-corrected chi connectivity index (χ2v) is 8.18. The molecule has 132 valence electrons. The predicted molar refractivity (Wildman–Crippen MR) is 109 cm³/mol. The molecule has 0 atom stereocenters. The molecule has 0 saturated carbocycles. The largest absolute Gasteiger partial charge is 0.507 e. The third-order valence-electron chi connectivity index (χ3n) is 4.29. The molecule has 7 heteroatoms. The summed E-state index contributed by atoms with van der Waals surface area (Å²) in [6.07, 6.45) is 0. The molecule has 0 aliphatic rings. The molecule has 2 aromatic heterocycles. The number of fused-ring (bicyclic) bond motifs is 1. The van der Waals surface area contributed by atoms with E-state index >= 15 is 0 Å². The van der Waals surface area contributed by atoms with Gasteiger partial charge in [-0.3, -0.25) is 4.79 Å². The lowest BCUT2D eigenvalue weighted by atomic mass is 9.99. The van der Waals surface area contributed by atoms with Gasteiger partial charge in [0.15, 0.2) is 5.56 Å². The number of rotatable bonds is 2. The highest BCUT2D eigenvalue weighted by Gasteiger charge is 2.20. The number of H-pyrrole nitrogens is 1. The summed E-state index contributed by atoms with van der Waals surface area (Å²) in [5, 5.41) is 30.1. The Morgan fingerprint density at radius 1 is 1.04 bits per heavy atom. The average Bonchev–Trinajstić information content (AvgIpc) is 2.98. The zero-order valence-corrected chi connectivity index (χ0v) is 16.1. The molecule has 4 rings (SSSR count). The summed E-state index contributed by atoms with van der Waals surface area (Å²) < 4.78 is 0.730. The summed E-state index contributed by atoms with van der Waals surface area (Å²) in [5.74, 6) is -0.126. The van der Waals surface area contributed by atoms with Crippen LogP contribution in [0, 0.1) is 11.3 Å². The Morgan fingerprint density at radius 2 is 1.70 bits per heavy atom. The van der Waals surface area contributed by atoms with Crippen LogP contribution in [0.15, 0.2) is 57.1 Å². The van der Waals surface area contributed by atoms with Gasteiger partial charge in [-0.2, -0.15) is 5.26 Å². The number of nitrogens with one attached hydrogen (secondary N) is 1. The maximum atomic E-state index is 11.9. The third kappa shape index (κ3) is 2.79. The molecule has 0 unspecified atom stereocenters. The van der Waals surface area contributed by atoms with Crippen LogP contribution in [0.2, 0.25) is 0 Å². The Kier molecular flexibility index (Phi) is 4.22. The first-order valence-electron chi connectivity index (χ1n) is 7.87. The van der Waals surface area contributed by atoms with Gasteiger partial charge in [0.25, 0.3) is 5.56 Å². The number of benzene rings is 2. The number of hydrogen-bond acceptors (Lipinski definition) is 5. The fourth-order valence-corrected chi connectivity index (χ4v) is 4.87. The van der Waals surface area contributed by atoms with Gasteiger partial charge >= 0.3 is 0 Å². The number of phenols is 1. The molecule has 3 N–H and O–H groups in total. The lowest BCUT2D eigenvalue weighted by molar-refractivity contribution is 0.477. The van der Waals surface area contributed by atoms with Crippen molar-refractivity contribution in [1.29, 1.82) is 5.26 Å². The molecule has 5 nitrogen and oxygen atoms in total. The van der Waals surface area contributed by atoms with Gasteiger partial charge in [0.1, 0.15) is 22.4 Å². The van der Waals surface area contributed by atoms with Crippen molar-refractivity contribution in [3.8, 4) is 39.8 Å². The van der Waals surface area contributed by atoms with Crippen LogP contribution in [0.4, 0.5) is 0 Å². The van der Waals surface area contributed by atoms with E-state index in [1.807, 2.05) is 36.4 Å². The van der Waals surface area contributed by atoms with Gasteiger partial charge in [0.2, 0.25) is 0 Å². The minimum Gasteiger partial charge on any atom is -0.507 e. The van der Waals surface area contributed by atoms with E-state index in [-0.39, 0.29) is 17.1 Å². The first kappa shape index (κ1) is 17.3. The highest BCUT2D eigenvalue weighted by atomic mass is 79.9. The van der Waals surface area contributed by atoms with E-state index in [0.717, 1.165) is 20.5 Å². The number of nitriles is 1. The fourth-order valence-electron chi connectivity index (χ4n) is 3.01. The molecule has 0 bridgehead atoms. The highest BCUT2D eigenvalue weighted by molar-refractivity contribution is 9.11. The molecule has 0 aliphatic heterocycles. The van der Waals surface area contributed by atoms with E-state index in [1.54, 1.807) is 18.2 Å². The zero-order valence-electron chi connectivity index (χ0n) is 13.7. The minimum atomic E-state index is -0.613. The number of thiophene rings is 1. The first-order valence-corrected chi connectivity index (χ1v) is 9.48. The van der Waals surface area contributed by atoms with E-state index in [2.05, 4.69) is 20.9 Å². The zero-order chi connectivity index (χ0) is 19.1. The van der Waals surface area contributed by atoms with Gasteiger partial charge in [-0.15, -0.1) is 11.3 Å². The lowest BCUT2D eigenvalue weighted by Crippen LogP contribution is -2.09. The second-order valence-electron chi connectivity index (χ2n) is 5.84. The van der Waals surface area contributed by atoms with Crippen LogP contribution in [0.25, 0.3) is 32.5 Å². The summed E-state index contributed by atoms with van der Waals surface area (Å²) in [6.45, 7) is 0. The van der Waals surface area contributed by atoms with Crippen LogP contribution in [-0.2, 0) is 0 Å². The molecule has 27 heavy (non-hydrogen) atoms. The van der Waals surface area contributed by atoms with Crippen molar-refractivity contribution in [3.63, 3.8) is 0 Å². The number of phenolic OH excluding ortho intramolecular Hbond substituents is 1.